The largest absolute Gasteiger partial charge is 0.484 e. The van der Waals surface area contributed by atoms with Gasteiger partial charge in [-0.1, -0.05) is 38.1 Å². The number of fused-ring (bicyclic) bond motifs is 2. The van der Waals surface area contributed by atoms with Crippen LogP contribution >= 0.6 is 0 Å². The van der Waals surface area contributed by atoms with E-state index >= 15 is 0 Å². The van der Waals surface area contributed by atoms with Crippen LogP contribution in [0.15, 0.2) is 42.6 Å². The van der Waals surface area contributed by atoms with Gasteiger partial charge in [0.15, 0.2) is 11.5 Å². The first kappa shape index (κ1) is 18.6. The second kappa shape index (κ2) is 6.82. The third-order valence-electron chi connectivity index (χ3n) is 6.42. The molecule has 5 rings (SSSR count). The van der Waals surface area contributed by atoms with Crippen molar-refractivity contribution >= 4 is 5.65 Å². The Morgan fingerprint density at radius 1 is 1.07 bits per heavy atom. The van der Waals surface area contributed by atoms with Gasteiger partial charge in [0.1, 0.15) is 11.9 Å². The lowest BCUT2D eigenvalue weighted by atomic mass is 9.86. The van der Waals surface area contributed by atoms with E-state index in [0.717, 1.165) is 43.0 Å². The third kappa shape index (κ3) is 3.30. The van der Waals surface area contributed by atoms with Gasteiger partial charge in [-0.15, -0.1) is 10.2 Å². The van der Waals surface area contributed by atoms with E-state index in [9.17, 15) is 0 Å². The Morgan fingerprint density at radius 3 is 2.62 bits per heavy atom. The van der Waals surface area contributed by atoms with Crippen molar-refractivity contribution in [3.8, 4) is 5.75 Å². The molecule has 3 aromatic rings. The van der Waals surface area contributed by atoms with E-state index in [4.69, 9.17) is 10.5 Å². The molecule has 1 fully saturated rings. The van der Waals surface area contributed by atoms with E-state index in [1.165, 1.54) is 11.1 Å². The third-order valence-corrected chi connectivity index (χ3v) is 6.42. The molecular weight excluding hydrogens is 362 g/mol. The molecule has 1 aromatic carbocycles. The smallest absolute Gasteiger partial charge is 0.161 e. The zero-order valence-electron chi connectivity index (χ0n) is 17.4. The Labute approximate surface area is 171 Å². The van der Waals surface area contributed by atoms with Crippen LogP contribution in [0.5, 0.6) is 5.75 Å². The summed E-state index contributed by atoms with van der Waals surface area (Å²) in [5, 5.41) is 8.92. The van der Waals surface area contributed by atoms with Crippen LogP contribution < -0.4 is 10.5 Å². The zero-order valence-corrected chi connectivity index (χ0v) is 17.4. The van der Waals surface area contributed by atoms with Crippen LogP contribution in [0.3, 0.4) is 0 Å². The maximum Gasteiger partial charge on any atom is 0.161 e. The van der Waals surface area contributed by atoms with Gasteiger partial charge < -0.3 is 10.5 Å². The van der Waals surface area contributed by atoms with Gasteiger partial charge in [0.2, 0.25) is 0 Å². The van der Waals surface area contributed by atoms with Gasteiger partial charge in [0.25, 0.3) is 0 Å². The van der Waals surface area contributed by atoms with Crippen molar-refractivity contribution in [3.05, 3.63) is 59.5 Å². The van der Waals surface area contributed by atoms with Crippen molar-refractivity contribution in [2.24, 2.45) is 11.1 Å². The number of nitrogens with zero attached hydrogens (tertiary/aromatic N) is 4. The molecule has 1 aliphatic carbocycles. The van der Waals surface area contributed by atoms with E-state index in [1.54, 1.807) is 0 Å². The highest BCUT2D eigenvalue weighted by molar-refractivity contribution is 5.43. The molecule has 6 nitrogen and oxygen atoms in total. The molecule has 0 radical (unpaired) electrons. The molecule has 2 aromatic heterocycles. The number of hydrogen-bond acceptors (Lipinski definition) is 5. The highest BCUT2D eigenvalue weighted by atomic mass is 16.5. The van der Waals surface area contributed by atoms with Gasteiger partial charge in [0.05, 0.1) is 12.2 Å². The molecule has 1 saturated heterocycles. The highest BCUT2D eigenvalue weighted by Crippen LogP contribution is 2.41. The van der Waals surface area contributed by atoms with Crippen LogP contribution in [0.1, 0.15) is 68.2 Å². The summed E-state index contributed by atoms with van der Waals surface area (Å²) in [5.74, 6) is 1.83. The Balaban J connectivity index is 1.46. The number of rotatable bonds is 3. The first-order valence-corrected chi connectivity index (χ1v) is 10.5. The van der Waals surface area contributed by atoms with E-state index in [0.29, 0.717) is 0 Å². The van der Waals surface area contributed by atoms with Crippen LogP contribution in [0.4, 0.5) is 0 Å². The van der Waals surface area contributed by atoms with Crippen molar-refractivity contribution in [3.63, 3.8) is 0 Å². The predicted molar refractivity (Wildman–Crippen MR) is 113 cm³/mol. The summed E-state index contributed by atoms with van der Waals surface area (Å²) >= 11 is 0. The van der Waals surface area contributed by atoms with Crippen molar-refractivity contribution in [1.29, 1.82) is 0 Å². The fourth-order valence-electron chi connectivity index (χ4n) is 5.07. The van der Waals surface area contributed by atoms with E-state index < -0.39 is 0 Å². The summed E-state index contributed by atoms with van der Waals surface area (Å²) in [7, 11) is 2.17. The quantitative estimate of drug-likeness (QED) is 0.730. The van der Waals surface area contributed by atoms with Gasteiger partial charge >= 0.3 is 0 Å². The predicted octanol–water partition coefficient (Wildman–Crippen LogP) is 4.05. The summed E-state index contributed by atoms with van der Waals surface area (Å²) in [6.45, 7) is 5.68. The average Bonchev–Trinajstić information content (AvgIpc) is 3.23. The summed E-state index contributed by atoms with van der Waals surface area (Å²) < 4.78 is 8.54. The number of benzene rings is 1. The van der Waals surface area contributed by atoms with Crippen LogP contribution in [0.2, 0.25) is 0 Å². The minimum Gasteiger partial charge on any atom is -0.484 e. The van der Waals surface area contributed by atoms with Crippen LogP contribution in [0, 0.1) is 5.41 Å². The molecular formula is C23H29N5O. The minimum atomic E-state index is 0.0245. The lowest BCUT2D eigenvalue weighted by Crippen LogP contribution is -2.23. The van der Waals surface area contributed by atoms with E-state index in [1.807, 2.05) is 18.3 Å². The van der Waals surface area contributed by atoms with E-state index in [-0.39, 0.29) is 23.6 Å². The molecule has 3 heterocycles. The molecule has 1 aliphatic heterocycles. The molecule has 1 unspecified atom stereocenters. The number of pyridine rings is 1. The second-order valence-corrected chi connectivity index (χ2v) is 9.37. The zero-order chi connectivity index (χ0) is 20.2. The molecule has 152 valence electrons. The summed E-state index contributed by atoms with van der Waals surface area (Å²) in [6, 6.07) is 12.7. The summed E-state index contributed by atoms with van der Waals surface area (Å²) in [5.41, 5.74) is 9.85. The number of nitrogens with two attached hydrogens (primary N) is 1. The molecule has 0 saturated carbocycles. The first-order valence-electron chi connectivity index (χ1n) is 10.5. The van der Waals surface area contributed by atoms with Gasteiger partial charge in [-0.2, -0.15) is 0 Å². The molecule has 0 bridgehead atoms. The van der Waals surface area contributed by atoms with Crippen molar-refractivity contribution in [1.82, 2.24) is 19.5 Å². The summed E-state index contributed by atoms with van der Waals surface area (Å²) in [6.07, 6.45) is 5.00. The van der Waals surface area contributed by atoms with Crippen LogP contribution in [-0.2, 0) is 0 Å². The standard InChI is InChI=1S/C23H29N5O/c1-23(2)12-19(27(3)14-23)22-26-25-21-11-8-15(13-28(21)22)29-20-10-9-18(24)16-6-4-5-7-17(16)20/h4-8,11,13,18-20H,9-10,12,14,24H2,1-3H3/t18-,19?,20+/m0/s1. The molecule has 29 heavy (non-hydrogen) atoms. The van der Waals surface area contributed by atoms with Gasteiger partial charge in [-0.25, -0.2) is 0 Å². The Bertz CT molecular complexity index is 1040. The molecule has 3 atom stereocenters. The monoisotopic (exact) mass is 391 g/mol. The Kier molecular flexibility index (Phi) is 4.37. The molecule has 0 amide bonds. The molecule has 2 aliphatic rings. The van der Waals surface area contributed by atoms with Gasteiger partial charge in [-0.3, -0.25) is 9.30 Å². The van der Waals surface area contributed by atoms with Crippen molar-refractivity contribution < 1.29 is 4.74 Å². The SMILES string of the molecule is CN1CC(C)(C)CC1c1nnc2ccc(O[C@@H]3CC[C@H](N)c4ccccc43)cn12. The maximum atomic E-state index is 6.45. The normalized spacial score (nSPS) is 26.6. The first-order chi connectivity index (χ1) is 13.9. The number of hydrogen-bond donors (Lipinski definition) is 1. The number of ether oxygens (including phenoxy) is 1. The Hall–Kier alpha value is -2.44. The average molecular weight is 392 g/mol. The van der Waals surface area contributed by atoms with Crippen LogP contribution in [-0.4, -0.2) is 33.1 Å². The van der Waals surface area contributed by atoms with Crippen LogP contribution in [0.25, 0.3) is 5.65 Å². The highest BCUT2D eigenvalue weighted by Gasteiger charge is 2.38. The van der Waals surface area contributed by atoms with Crippen molar-refractivity contribution in [2.75, 3.05) is 13.6 Å². The maximum absolute atomic E-state index is 6.45. The molecule has 2 N–H and O–H groups in total. The topological polar surface area (TPSA) is 68.7 Å². The molecule has 0 spiro atoms. The fraction of sp³-hybridized carbons (Fsp3) is 0.478. The lowest BCUT2D eigenvalue weighted by molar-refractivity contribution is 0.176. The number of likely N-dealkylation sites (tertiary alicyclic amines) is 1. The summed E-state index contributed by atoms with van der Waals surface area (Å²) in [4.78, 5) is 2.38. The fourth-order valence-corrected chi connectivity index (χ4v) is 5.07. The van der Waals surface area contributed by atoms with Crippen molar-refractivity contribution in [2.45, 2.75) is 51.3 Å². The van der Waals surface area contributed by atoms with E-state index in [2.05, 4.69) is 64.7 Å². The molecule has 6 heteroatoms. The second-order valence-electron chi connectivity index (χ2n) is 9.37. The van der Waals surface area contributed by atoms with Gasteiger partial charge in [-0.05, 0) is 55.0 Å². The number of aromatic nitrogens is 3. The minimum absolute atomic E-state index is 0.0245. The lowest BCUT2D eigenvalue weighted by Gasteiger charge is -2.30. The van der Waals surface area contributed by atoms with Gasteiger partial charge in [0, 0.05) is 12.6 Å². The Morgan fingerprint density at radius 2 is 1.86 bits per heavy atom.